The molecule has 29 heavy (non-hydrogen) atoms. The van der Waals surface area contributed by atoms with Crippen LogP contribution >= 0.6 is 0 Å². The summed E-state index contributed by atoms with van der Waals surface area (Å²) in [5.41, 5.74) is 2.61. The van der Waals surface area contributed by atoms with Crippen LogP contribution in [0.15, 0.2) is 58.3 Å². The van der Waals surface area contributed by atoms with Crippen LogP contribution in [0.4, 0.5) is 5.69 Å². The van der Waals surface area contributed by atoms with Crippen molar-refractivity contribution >= 4 is 17.6 Å². The molecule has 3 heterocycles. The predicted octanol–water partition coefficient (Wildman–Crippen LogP) is 1.50. The van der Waals surface area contributed by atoms with Gasteiger partial charge in [0.15, 0.2) is 11.7 Å². The van der Waals surface area contributed by atoms with E-state index in [2.05, 4.69) is 20.6 Å². The Balaban J connectivity index is 1.36. The van der Waals surface area contributed by atoms with Crippen LogP contribution in [-0.2, 0) is 18.4 Å². The normalized spacial score (nSPS) is 15.1. The van der Waals surface area contributed by atoms with Gasteiger partial charge in [0, 0.05) is 45.0 Å². The second-order valence-electron chi connectivity index (χ2n) is 6.78. The largest absolute Gasteiger partial charge is 0.359 e. The highest BCUT2D eigenvalue weighted by Crippen LogP contribution is 2.19. The second-order valence-corrected chi connectivity index (χ2v) is 6.78. The van der Waals surface area contributed by atoms with Crippen molar-refractivity contribution in [2.45, 2.75) is 6.54 Å². The smallest absolute Gasteiger partial charge is 0.246 e. The Kier molecular flexibility index (Phi) is 5.28. The molecule has 0 aliphatic carbocycles. The minimum Gasteiger partial charge on any atom is -0.359 e. The summed E-state index contributed by atoms with van der Waals surface area (Å²) < 4.78 is 7.12. The van der Waals surface area contributed by atoms with Crippen molar-refractivity contribution in [3.8, 4) is 11.3 Å². The highest BCUT2D eigenvalue weighted by atomic mass is 16.5. The van der Waals surface area contributed by atoms with Crippen LogP contribution < -0.4 is 10.2 Å². The minimum atomic E-state index is 0.0122. The van der Waals surface area contributed by atoms with Gasteiger partial charge in [0.25, 0.3) is 0 Å². The highest BCUT2D eigenvalue weighted by Gasteiger charge is 2.27. The first-order valence-electron chi connectivity index (χ1n) is 9.39. The van der Waals surface area contributed by atoms with Crippen LogP contribution in [0, 0.1) is 0 Å². The predicted molar refractivity (Wildman–Crippen MR) is 109 cm³/mol. The van der Waals surface area contributed by atoms with Crippen molar-refractivity contribution < 1.29 is 9.32 Å². The van der Waals surface area contributed by atoms with E-state index >= 15 is 0 Å². The highest BCUT2D eigenvalue weighted by molar-refractivity contribution is 5.98. The topological polar surface area (TPSA) is 91.8 Å². The van der Waals surface area contributed by atoms with Crippen LogP contribution in [-0.4, -0.2) is 58.4 Å². The molecule has 1 amide bonds. The average molecular weight is 393 g/mol. The number of amides is 1. The summed E-state index contributed by atoms with van der Waals surface area (Å²) in [4.78, 5) is 20.6. The van der Waals surface area contributed by atoms with Gasteiger partial charge in [-0.2, -0.15) is 5.10 Å². The summed E-state index contributed by atoms with van der Waals surface area (Å²) in [7, 11) is 3.54. The van der Waals surface area contributed by atoms with Crippen molar-refractivity contribution in [1.29, 1.82) is 0 Å². The fourth-order valence-electron chi connectivity index (χ4n) is 3.31. The maximum atomic E-state index is 12.6. The number of benzene rings is 1. The summed E-state index contributed by atoms with van der Waals surface area (Å²) in [5.74, 6) is 1.37. The molecule has 1 N–H and O–H groups in total. The van der Waals surface area contributed by atoms with Gasteiger partial charge in [-0.05, 0) is 0 Å². The molecule has 0 saturated carbocycles. The molecule has 1 aromatic carbocycles. The standard InChI is InChI=1S/C20H23N7O2/c1-21-20(22-12-17-10-18(24-29-17)15-6-4-3-5-7-15)26-8-9-27(19(28)14-26)16-11-23-25(2)13-16/h3-7,10-11,13H,8-9,12,14H2,1-2H3,(H,21,22). The molecule has 9 heteroatoms. The summed E-state index contributed by atoms with van der Waals surface area (Å²) in [6.45, 7) is 1.93. The van der Waals surface area contributed by atoms with E-state index in [0.717, 1.165) is 16.9 Å². The monoisotopic (exact) mass is 393 g/mol. The van der Waals surface area contributed by atoms with Gasteiger partial charge in [-0.1, -0.05) is 35.5 Å². The Morgan fingerprint density at radius 3 is 2.79 bits per heavy atom. The van der Waals surface area contributed by atoms with Crippen LogP contribution in [0.3, 0.4) is 0 Å². The summed E-state index contributed by atoms with van der Waals surface area (Å²) in [5, 5.41) is 11.5. The number of aromatic nitrogens is 3. The Morgan fingerprint density at radius 2 is 2.10 bits per heavy atom. The number of rotatable bonds is 4. The zero-order chi connectivity index (χ0) is 20.2. The summed E-state index contributed by atoms with van der Waals surface area (Å²) in [6.07, 6.45) is 3.55. The third-order valence-corrected chi connectivity index (χ3v) is 4.78. The summed E-state index contributed by atoms with van der Waals surface area (Å²) >= 11 is 0. The molecule has 0 spiro atoms. The van der Waals surface area contributed by atoms with Crippen LogP contribution in [0.1, 0.15) is 5.76 Å². The molecule has 0 bridgehead atoms. The molecule has 150 valence electrons. The van der Waals surface area contributed by atoms with Crippen LogP contribution in [0.5, 0.6) is 0 Å². The number of hydrogen-bond donors (Lipinski definition) is 1. The quantitative estimate of drug-likeness (QED) is 0.534. The average Bonchev–Trinajstić information content (AvgIpc) is 3.38. The Hall–Kier alpha value is -3.62. The van der Waals surface area contributed by atoms with Gasteiger partial charge in [-0.15, -0.1) is 0 Å². The van der Waals surface area contributed by atoms with Crippen LogP contribution in [0.25, 0.3) is 11.3 Å². The Bertz CT molecular complexity index is 1010. The van der Waals surface area contributed by atoms with Gasteiger partial charge in [0.05, 0.1) is 18.4 Å². The molecule has 0 atom stereocenters. The molecule has 0 unspecified atom stereocenters. The van der Waals surface area contributed by atoms with E-state index in [1.807, 2.05) is 54.5 Å². The molecular weight excluding hydrogens is 370 g/mol. The molecule has 2 aromatic heterocycles. The van der Waals surface area contributed by atoms with E-state index in [0.29, 0.717) is 31.4 Å². The number of hydrogen-bond acceptors (Lipinski definition) is 5. The van der Waals surface area contributed by atoms with E-state index < -0.39 is 0 Å². The van der Waals surface area contributed by atoms with Gasteiger partial charge in [-0.25, -0.2) is 0 Å². The van der Waals surface area contributed by atoms with Gasteiger partial charge < -0.3 is 19.6 Å². The first kappa shape index (κ1) is 18.7. The zero-order valence-electron chi connectivity index (χ0n) is 16.4. The molecule has 3 aromatic rings. The van der Waals surface area contributed by atoms with Gasteiger partial charge in [-0.3, -0.25) is 14.5 Å². The molecule has 0 radical (unpaired) electrons. The van der Waals surface area contributed by atoms with E-state index in [-0.39, 0.29) is 12.5 Å². The van der Waals surface area contributed by atoms with E-state index in [4.69, 9.17) is 4.52 Å². The third kappa shape index (κ3) is 4.13. The maximum Gasteiger partial charge on any atom is 0.246 e. The number of guanidine groups is 1. The number of aryl methyl sites for hydroxylation is 1. The lowest BCUT2D eigenvalue weighted by atomic mass is 10.1. The minimum absolute atomic E-state index is 0.0122. The van der Waals surface area contributed by atoms with E-state index in [1.165, 1.54) is 0 Å². The van der Waals surface area contributed by atoms with Gasteiger partial charge in [0.2, 0.25) is 5.91 Å². The first-order chi connectivity index (χ1) is 14.1. The first-order valence-corrected chi connectivity index (χ1v) is 9.39. The SMILES string of the molecule is CN=C(NCc1cc(-c2ccccc2)no1)N1CCN(c2cnn(C)c2)C(=O)C1. The molecule has 1 aliphatic heterocycles. The fraction of sp³-hybridized carbons (Fsp3) is 0.300. The Morgan fingerprint density at radius 1 is 1.28 bits per heavy atom. The maximum absolute atomic E-state index is 12.6. The fourth-order valence-corrected chi connectivity index (χ4v) is 3.31. The number of nitrogens with one attached hydrogen (secondary N) is 1. The van der Waals surface area contributed by atoms with Gasteiger partial charge in [0.1, 0.15) is 12.2 Å². The molecule has 4 rings (SSSR count). The molecular formula is C20H23N7O2. The van der Waals surface area contributed by atoms with Crippen LogP contribution in [0.2, 0.25) is 0 Å². The number of piperazine rings is 1. The third-order valence-electron chi connectivity index (χ3n) is 4.78. The van der Waals surface area contributed by atoms with Crippen molar-refractivity contribution in [2.24, 2.45) is 12.0 Å². The van der Waals surface area contributed by atoms with E-state index in [9.17, 15) is 4.79 Å². The lowest BCUT2D eigenvalue weighted by molar-refractivity contribution is -0.120. The number of aliphatic imine (C=N–C) groups is 1. The number of carbonyl (C=O) groups is 1. The van der Waals surface area contributed by atoms with Crippen molar-refractivity contribution in [3.63, 3.8) is 0 Å². The van der Waals surface area contributed by atoms with Crippen molar-refractivity contribution in [2.75, 3.05) is 31.6 Å². The molecule has 1 saturated heterocycles. The number of carbonyl (C=O) groups excluding carboxylic acids is 1. The van der Waals surface area contributed by atoms with E-state index in [1.54, 1.807) is 22.8 Å². The molecule has 9 nitrogen and oxygen atoms in total. The van der Waals surface area contributed by atoms with Gasteiger partial charge >= 0.3 is 0 Å². The second kappa shape index (κ2) is 8.17. The molecule has 1 fully saturated rings. The number of nitrogens with zero attached hydrogens (tertiary/aromatic N) is 6. The number of anilines is 1. The Labute approximate surface area is 168 Å². The summed E-state index contributed by atoms with van der Waals surface area (Å²) in [6, 6.07) is 11.8. The van der Waals surface area contributed by atoms with Crippen molar-refractivity contribution in [1.82, 2.24) is 25.2 Å². The van der Waals surface area contributed by atoms with Crippen molar-refractivity contribution in [3.05, 3.63) is 54.6 Å². The lowest BCUT2D eigenvalue weighted by Gasteiger charge is -2.35. The zero-order valence-corrected chi connectivity index (χ0v) is 16.4. The molecule has 1 aliphatic rings. The lowest BCUT2D eigenvalue weighted by Crippen LogP contribution is -2.55.